The molecule has 2 aromatic heterocycles. The SMILES string of the molecule is COc1ccc(C(=O)Nc2cnc(-n3cccn3)nc2)cc1F. The number of carbonyl (C=O) groups is 1. The van der Waals surface area contributed by atoms with Crippen LogP contribution in [0, 0.1) is 5.82 Å². The van der Waals surface area contributed by atoms with Gasteiger partial charge in [-0.25, -0.2) is 19.0 Å². The van der Waals surface area contributed by atoms with E-state index in [2.05, 4.69) is 20.4 Å². The van der Waals surface area contributed by atoms with Gasteiger partial charge < -0.3 is 10.1 Å². The van der Waals surface area contributed by atoms with Gasteiger partial charge in [0.2, 0.25) is 0 Å². The molecule has 8 heteroatoms. The minimum Gasteiger partial charge on any atom is -0.494 e. The zero-order chi connectivity index (χ0) is 16.2. The second-order valence-corrected chi connectivity index (χ2v) is 4.53. The maximum absolute atomic E-state index is 13.6. The Kier molecular flexibility index (Phi) is 3.96. The average Bonchev–Trinajstić information content (AvgIpc) is 3.10. The maximum atomic E-state index is 13.6. The predicted molar refractivity (Wildman–Crippen MR) is 80.1 cm³/mol. The van der Waals surface area contributed by atoms with Crippen molar-refractivity contribution in [3.63, 3.8) is 0 Å². The van der Waals surface area contributed by atoms with E-state index in [0.29, 0.717) is 11.6 Å². The van der Waals surface area contributed by atoms with Crippen LogP contribution in [0.1, 0.15) is 10.4 Å². The zero-order valence-corrected chi connectivity index (χ0v) is 12.1. The van der Waals surface area contributed by atoms with Crippen molar-refractivity contribution < 1.29 is 13.9 Å². The largest absolute Gasteiger partial charge is 0.494 e. The Bertz CT molecular complexity index is 818. The number of rotatable bonds is 4. The molecule has 0 fully saturated rings. The number of methoxy groups -OCH3 is 1. The molecular formula is C15H12FN5O2. The quantitative estimate of drug-likeness (QED) is 0.797. The molecule has 1 aromatic carbocycles. The maximum Gasteiger partial charge on any atom is 0.255 e. The number of hydrogen-bond acceptors (Lipinski definition) is 5. The molecule has 116 valence electrons. The van der Waals surface area contributed by atoms with Gasteiger partial charge in [0.05, 0.1) is 25.2 Å². The molecule has 0 aliphatic rings. The highest BCUT2D eigenvalue weighted by molar-refractivity contribution is 6.04. The number of benzene rings is 1. The van der Waals surface area contributed by atoms with E-state index in [1.165, 1.54) is 36.3 Å². The standard InChI is InChI=1S/C15H12FN5O2/c1-23-13-4-3-10(7-12(13)16)14(22)20-11-8-17-15(18-9-11)21-6-2-5-19-21/h2-9H,1H3,(H,20,22). The van der Waals surface area contributed by atoms with Crippen molar-refractivity contribution in [2.45, 2.75) is 0 Å². The second kappa shape index (κ2) is 6.22. The van der Waals surface area contributed by atoms with E-state index in [1.807, 2.05) is 0 Å². The fourth-order valence-corrected chi connectivity index (χ4v) is 1.90. The number of nitrogens with zero attached hydrogens (tertiary/aromatic N) is 4. The summed E-state index contributed by atoms with van der Waals surface area (Å²) in [4.78, 5) is 20.3. The Morgan fingerprint density at radius 3 is 2.70 bits per heavy atom. The fourth-order valence-electron chi connectivity index (χ4n) is 1.90. The summed E-state index contributed by atoms with van der Waals surface area (Å²) in [5.41, 5.74) is 0.557. The van der Waals surface area contributed by atoms with E-state index in [-0.39, 0.29) is 11.3 Å². The fraction of sp³-hybridized carbons (Fsp3) is 0.0667. The molecule has 0 spiro atoms. The molecule has 2 heterocycles. The topological polar surface area (TPSA) is 81.9 Å². The van der Waals surface area contributed by atoms with Gasteiger partial charge in [-0.1, -0.05) is 0 Å². The van der Waals surface area contributed by atoms with Crippen molar-refractivity contribution >= 4 is 11.6 Å². The molecule has 0 aliphatic carbocycles. The van der Waals surface area contributed by atoms with Gasteiger partial charge in [0.1, 0.15) is 0 Å². The first kappa shape index (κ1) is 14.6. The van der Waals surface area contributed by atoms with E-state index in [4.69, 9.17) is 4.74 Å². The lowest BCUT2D eigenvalue weighted by atomic mass is 10.2. The van der Waals surface area contributed by atoms with Gasteiger partial charge in [0.25, 0.3) is 11.9 Å². The Labute approximate surface area is 130 Å². The van der Waals surface area contributed by atoms with E-state index in [9.17, 15) is 9.18 Å². The summed E-state index contributed by atoms with van der Waals surface area (Å²) in [6.45, 7) is 0. The molecular weight excluding hydrogens is 301 g/mol. The van der Waals surface area contributed by atoms with Crippen molar-refractivity contribution in [1.29, 1.82) is 0 Å². The molecule has 0 bridgehead atoms. The van der Waals surface area contributed by atoms with Crippen LogP contribution in [0.5, 0.6) is 5.75 Å². The first-order valence-electron chi connectivity index (χ1n) is 6.64. The van der Waals surface area contributed by atoms with Crippen molar-refractivity contribution in [1.82, 2.24) is 19.7 Å². The van der Waals surface area contributed by atoms with Crippen LogP contribution in [0.4, 0.5) is 10.1 Å². The summed E-state index contributed by atoms with van der Waals surface area (Å²) in [6.07, 6.45) is 6.20. The summed E-state index contributed by atoms with van der Waals surface area (Å²) < 4.78 is 19.9. The molecule has 23 heavy (non-hydrogen) atoms. The Morgan fingerprint density at radius 2 is 2.09 bits per heavy atom. The molecule has 3 rings (SSSR count). The third kappa shape index (κ3) is 3.15. The minimum absolute atomic E-state index is 0.0773. The van der Waals surface area contributed by atoms with Gasteiger partial charge in [-0.05, 0) is 24.3 Å². The first-order chi connectivity index (χ1) is 11.2. The van der Waals surface area contributed by atoms with Crippen molar-refractivity contribution in [3.05, 3.63) is 60.4 Å². The molecule has 0 unspecified atom stereocenters. The molecule has 0 aliphatic heterocycles. The third-order valence-electron chi connectivity index (χ3n) is 3.02. The predicted octanol–water partition coefficient (Wildman–Crippen LogP) is 2.06. The number of ether oxygens (including phenoxy) is 1. The Hall–Kier alpha value is -3.29. The number of halogens is 1. The lowest BCUT2D eigenvalue weighted by Crippen LogP contribution is -2.13. The Balaban J connectivity index is 1.74. The average molecular weight is 313 g/mol. The van der Waals surface area contributed by atoms with Gasteiger partial charge in [-0.15, -0.1) is 0 Å². The van der Waals surface area contributed by atoms with Crippen LogP contribution in [0.15, 0.2) is 49.1 Å². The van der Waals surface area contributed by atoms with Gasteiger partial charge in [0.15, 0.2) is 11.6 Å². The second-order valence-electron chi connectivity index (χ2n) is 4.53. The normalized spacial score (nSPS) is 10.3. The number of anilines is 1. The van der Waals surface area contributed by atoms with E-state index in [0.717, 1.165) is 6.07 Å². The number of amides is 1. The lowest BCUT2D eigenvalue weighted by molar-refractivity contribution is 0.102. The number of carbonyl (C=O) groups excluding carboxylic acids is 1. The van der Waals surface area contributed by atoms with Crippen LogP contribution in [0.25, 0.3) is 5.95 Å². The summed E-state index contributed by atoms with van der Waals surface area (Å²) in [5.74, 6) is -0.621. The van der Waals surface area contributed by atoms with E-state index >= 15 is 0 Å². The van der Waals surface area contributed by atoms with Crippen molar-refractivity contribution in [2.24, 2.45) is 0 Å². The van der Waals surface area contributed by atoms with Crippen LogP contribution in [0.2, 0.25) is 0 Å². The highest BCUT2D eigenvalue weighted by Crippen LogP contribution is 2.18. The highest BCUT2D eigenvalue weighted by Gasteiger charge is 2.11. The molecule has 1 amide bonds. The minimum atomic E-state index is -0.606. The molecule has 0 atom stereocenters. The van der Waals surface area contributed by atoms with Gasteiger partial charge in [0, 0.05) is 18.0 Å². The van der Waals surface area contributed by atoms with Crippen LogP contribution < -0.4 is 10.1 Å². The van der Waals surface area contributed by atoms with Crippen molar-refractivity contribution in [2.75, 3.05) is 12.4 Å². The third-order valence-corrected chi connectivity index (χ3v) is 3.02. The lowest BCUT2D eigenvalue weighted by Gasteiger charge is -2.07. The number of aromatic nitrogens is 4. The van der Waals surface area contributed by atoms with Crippen LogP contribution in [-0.4, -0.2) is 32.8 Å². The molecule has 0 radical (unpaired) electrons. The van der Waals surface area contributed by atoms with E-state index < -0.39 is 11.7 Å². The smallest absolute Gasteiger partial charge is 0.255 e. The summed E-state index contributed by atoms with van der Waals surface area (Å²) in [7, 11) is 1.36. The monoisotopic (exact) mass is 313 g/mol. The molecule has 0 saturated heterocycles. The van der Waals surface area contributed by atoms with Crippen LogP contribution in [0.3, 0.4) is 0 Å². The molecule has 0 saturated carbocycles. The molecule has 3 aromatic rings. The highest BCUT2D eigenvalue weighted by atomic mass is 19.1. The molecule has 7 nitrogen and oxygen atoms in total. The van der Waals surface area contributed by atoms with E-state index in [1.54, 1.807) is 18.5 Å². The van der Waals surface area contributed by atoms with Gasteiger partial charge >= 0.3 is 0 Å². The zero-order valence-electron chi connectivity index (χ0n) is 12.1. The summed E-state index contributed by atoms with van der Waals surface area (Å²) in [6, 6.07) is 5.71. The Morgan fingerprint density at radius 1 is 1.30 bits per heavy atom. The summed E-state index contributed by atoms with van der Waals surface area (Å²) >= 11 is 0. The molecule has 1 N–H and O–H groups in total. The van der Waals surface area contributed by atoms with Gasteiger partial charge in [-0.3, -0.25) is 4.79 Å². The van der Waals surface area contributed by atoms with Crippen LogP contribution in [-0.2, 0) is 0 Å². The number of nitrogens with one attached hydrogen (secondary N) is 1. The summed E-state index contributed by atoms with van der Waals surface area (Å²) in [5, 5.41) is 6.60. The first-order valence-corrected chi connectivity index (χ1v) is 6.64. The van der Waals surface area contributed by atoms with Gasteiger partial charge in [-0.2, -0.15) is 5.10 Å². The van der Waals surface area contributed by atoms with Crippen molar-refractivity contribution in [3.8, 4) is 11.7 Å². The van der Waals surface area contributed by atoms with Crippen LogP contribution >= 0.6 is 0 Å². The number of hydrogen-bond donors (Lipinski definition) is 1.